The predicted molar refractivity (Wildman–Crippen MR) is 219 cm³/mol. The first-order chi connectivity index (χ1) is 25.1. The zero-order valence-electron chi connectivity index (χ0n) is 34.1. The van der Waals surface area contributed by atoms with Crippen LogP contribution in [0.2, 0.25) is 0 Å². The molecule has 5 heteroatoms. The fourth-order valence-corrected chi connectivity index (χ4v) is 7.12. The van der Waals surface area contributed by atoms with Crippen LogP contribution in [-0.4, -0.2) is 63.5 Å². The van der Waals surface area contributed by atoms with Crippen LogP contribution in [0.15, 0.2) is 48.6 Å². The standard InChI is InChI=1S/C46H83NO4/c1-5-7-9-11-13-15-17-19-21-23-25-27-29-31-33-35-37-45-48-40-43(50-45)42(39-47(3)4)44-41-49-46(51-44)38-36-34-32-30-28-26-24-22-20-18-16-14-12-10-8-6-2/h13-16,25-28,42-46H,5-12,17-24,29-41H2,1-4H3/b15-13-,16-14-,27-25-,28-26-. The van der Waals surface area contributed by atoms with Crippen LogP contribution >= 0.6 is 0 Å². The first kappa shape index (κ1) is 45.9. The molecule has 51 heavy (non-hydrogen) atoms. The fraction of sp³-hybridized carbons (Fsp3) is 0.826. The maximum Gasteiger partial charge on any atom is 0.158 e. The van der Waals surface area contributed by atoms with Crippen molar-refractivity contribution in [2.75, 3.05) is 33.9 Å². The summed E-state index contributed by atoms with van der Waals surface area (Å²) in [6.07, 6.45) is 51.4. The van der Waals surface area contributed by atoms with E-state index in [9.17, 15) is 0 Å². The number of hydrogen-bond donors (Lipinski definition) is 0. The molecule has 0 spiro atoms. The smallest absolute Gasteiger partial charge is 0.158 e. The third-order valence-corrected chi connectivity index (χ3v) is 10.3. The maximum absolute atomic E-state index is 6.48. The van der Waals surface area contributed by atoms with E-state index in [1.807, 2.05) is 0 Å². The monoisotopic (exact) mass is 714 g/mol. The zero-order chi connectivity index (χ0) is 36.5. The third kappa shape index (κ3) is 25.4. The van der Waals surface area contributed by atoms with E-state index in [-0.39, 0.29) is 30.7 Å². The summed E-state index contributed by atoms with van der Waals surface area (Å²) in [4.78, 5) is 2.25. The molecule has 296 valence electrons. The molecule has 2 saturated heterocycles. The molecule has 0 aromatic carbocycles. The van der Waals surface area contributed by atoms with Crippen LogP contribution in [0.5, 0.6) is 0 Å². The predicted octanol–water partition coefficient (Wildman–Crippen LogP) is 13.1. The minimum Gasteiger partial charge on any atom is -0.350 e. The molecular formula is C46H83NO4. The summed E-state index contributed by atoms with van der Waals surface area (Å²) in [7, 11) is 4.27. The van der Waals surface area contributed by atoms with Gasteiger partial charge in [-0.1, -0.05) is 101 Å². The lowest BCUT2D eigenvalue weighted by molar-refractivity contribution is -0.104. The van der Waals surface area contributed by atoms with Gasteiger partial charge in [0.1, 0.15) is 0 Å². The van der Waals surface area contributed by atoms with Crippen LogP contribution in [0.3, 0.4) is 0 Å². The molecule has 0 N–H and O–H groups in total. The Balaban J connectivity index is 1.48. The lowest BCUT2D eigenvalue weighted by Crippen LogP contribution is -2.42. The first-order valence-electron chi connectivity index (χ1n) is 21.9. The lowest BCUT2D eigenvalue weighted by atomic mass is 9.96. The van der Waals surface area contributed by atoms with E-state index >= 15 is 0 Å². The van der Waals surface area contributed by atoms with E-state index < -0.39 is 0 Å². The van der Waals surface area contributed by atoms with Crippen LogP contribution in [0.1, 0.15) is 181 Å². The molecule has 2 heterocycles. The third-order valence-electron chi connectivity index (χ3n) is 10.3. The van der Waals surface area contributed by atoms with Gasteiger partial charge in [0.05, 0.1) is 25.4 Å². The highest BCUT2D eigenvalue weighted by atomic mass is 16.7. The number of rotatable bonds is 34. The van der Waals surface area contributed by atoms with E-state index in [0.29, 0.717) is 13.2 Å². The van der Waals surface area contributed by atoms with Crippen molar-refractivity contribution >= 4 is 0 Å². The normalized spacial score (nSPS) is 22.0. The van der Waals surface area contributed by atoms with Crippen LogP contribution in [0.4, 0.5) is 0 Å². The fourth-order valence-electron chi connectivity index (χ4n) is 7.12. The van der Waals surface area contributed by atoms with Crippen molar-refractivity contribution < 1.29 is 18.9 Å². The van der Waals surface area contributed by atoms with Crippen molar-refractivity contribution in [2.24, 2.45) is 5.92 Å². The molecule has 4 unspecified atom stereocenters. The van der Waals surface area contributed by atoms with Crippen molar-refractivity contribution in [1.82, 2.24) is 4.90 Å². The highest BCUT2D eigenvalue weighted by Crippen LogP contribution is 2.31. The van der Waals surface area contributed by atoms with Crippen LogP contribution in [-0.2, 0) is 18.9 Å². The van der Waals surface area contributed by atoms with Gasteiger partial charge >= 0.3 is 0 Å². The number of hydrogen-bond acceptors (Lipinski definition) is 5. The quantitative estimate of drug-likeness (QED) is 0.0490. The van der Waals surface area contributed by atoms with Gasteiger partial charge < -0.3 is 23.8 Å². The molecule has 2 fully saturated rings. The summed E-state index contributed by atoms with van der Waals surface area (Å²) in [6.45, 7) is 6.78. The Kier molecular flexibility index (Phi) is 30.0. The number of unbranched alkanes of at least 4 members (excludes halogenated alkanes) is 18. The molecule has 0 amide bonds. The zero-order valence-corrected chi connectivity index (χ0v) is 34.1. The molecule has 0 saturated carbocycles. The average Bonchev–Trinajstić information content (AvgIpc) is 3.80. The lowest BCUT2D eigenvalue weighted by Gasteiger charge is -2.29. The van der Waals surface area contributed by atoms with Crippen molar-refractivity contribution in [3.05, 3.63) is 48.6 Å². The number of nitrogens with zero attached hydrogens (tertiary/aromatic N) is 1. The minimum atomic E-state index is -0.0784. The Hall–Kier alpha value is -1.24. The Morgan fingerprint density at radius 3 is 1.08 bits per heavy atom. The van der Waals surface area contributed by atoms with Gasteiger partial charge in [0.15, 0.2) is 12.6 Å². The van der Waals surface area contributed by atoms with Gasteiger partial charge in [-0.25, -0.2) is 0 Å². The van der Waals surface area contributed by atoms with Crippen LogP contribution in [0.25, 0.3) is 0 Å². The summed E-state index contributed by atoms with van der Waals surface area (Å²) in [5.74, 6) is 0.258. The van der Waals surface area contributed by atoms with Crippen molar-refractivity contribution in [2.45, 2.75) is 206 Å². The average molecular weight is 714 g/mol. The van der Waals surface area contributed by atoms with Gasteiger partial charge in [0.2, 0.25) is 0 Å². The van der Waals surface area contributed by atoms with Crippen molar-refractivity contribution in [1.29, 1.82) is 0 Å². The molecule has 2 aliphatic rings. The highest BCUT2D eigenvalue weighted by molar-refractivity contribution is 4.87. The molecule has 0 bridgehead atoms. The second-order valence-electron chi connectivity index (χ2n) is 15.5. The van der Waals surface area contributed by atoms with Crippen molar-refractivity contribution in [3.8, 4) is 0 Å². The van der Waals surface area contributed by atoms with Gasteiger partial charge in [-0.15, -0.1) is 0 Å². The van der Waals surface area contributed by atoms with E-state index in [1.54, 1.807) is 0 Å². The Morgan fingerprint density at radius 1 is 0.451 bits per heavy atom. The van der Waals surface area contributed by atoms with Crippen LogP contribution in [0, 0.1) is 5.92 Å². The first-order valence-corrected chi connectivity index (χ1v) is 21.9. The summed E-state index contributed by atoms with van der Waals surface area (Å²) < 4.78 is 25.2. The van der Waals surface area contributed by atoms with Crippen molar-refractivity contribution in [3.63, 3.8) is 0 Å². The topological polar surface area (TPSA) is 40.2 Å². The molecule has 5 nitrogen and oxygen atoms in total. The Morgan fingerprint density at radius 2 is 0.765 bits per heavy atom. The summed E-state index contributed by atoms with van der Waals surface area (Å²) in [5.41, 5.74) is 0. The Labute approximate surface area is 317 Å². The van der Waals surface area contributed by atoms with Gasteiger partial charge in [0, 0.05) is 12.5 Å². The van der Waals surface area contributed by atoms with Gasteiger partial charge in [-0.2, -0.15) is 0 Å². The van der Waals surface area contributed by atoms with Gasteiger partial charge in [0.25, 0.3) is 0 Å². The number of ether oxygens (including phenoxy) is 4. The van der Waals surface area contributed by atoms with E-state index in [0.717, 1.165) is 32.2 Å². The second-order valence-corrected chi connectivity index (χ2v) is 15.5. The van der Waals surface area contributed by atoms with Crippen LogP contribution < -0.4 is 0 Å². The summed E-state index contributed by atoms with van der Waals surface area (Å²) in [6, 6.07) is 0. The molecule has 0 aromatic rings. The SMILES string of the molecule is CCCCC/C=C\CCCC/C=C\CCCCCC1OCC(C(CN(C)C)C2COC(CCCCC/C=C\CCCC/C=C\CCCCC)O2)O1. The molecule has 0 aromatic heterocycles. The van der Waals surface area contributed by atoms with E-state index in [4.69, 9.17) is 18.9 Å². The maximum atomic E-state index is 6.48. The number of allylic oxidation sites excluding steroid dienone is 8. The van der Waals surface area contributed by atoms with Gasteiger partial charge in [-0.05, 0) is 143 Å². The van der Waals surface area contributed by atoms with E-state index in [1.165, 1.54) is 141 Å². The molecule has 0 aliphatic carbocycles. The molecule has 2 aliphatic heterocycles. The summed E-state index contributed by atoms with van der Waals surface area (Å²) in [5, 5.41) is 0. The van der Waals surface area contributed by atoms with Gasteiger partial charge in [-0.3, -0.25) is 0 Å². The highest BCUT2D eigenvalue weighted by Gasteiger charge is 2.41. The minimum absolute atomic E-state index is 0.0723. The summed E-state index contributed by atoms with van der Waals surface area (Å²) >= 11 is 0. The molecule has 2 rings (SSSR count). The molecular weight excluding hydrogens is 631 g/mol. The molecule has 0 radical (unpaired) electrons. The largest absolute Gasteiger partial charge is 0.350 e. The second kappa shape index (κ2) is 33.3. The Bertz CT molecular complexity index is 816. The molecule has 4 atom stereocenters. The van der Waals surface area contributed by atoms with E-state index in [2.05, 4.69) is 81.5 Å².